The fourth-order valence-electron chi connectivity index (χ4n) is 2.09. The molecule has 0 aromatic rings. The SMILES string of the molecule is [CH]1CCC12CCCC2. The Labute approximate surface area is 51.3 Å². The van der Waals surface area contributed by atoms with Gasteiger partial charge in [0.1, 0.15) is 0 Å². The lowest BCUT2D eigenvalue weighted by atomic mass is 9.68. The summed E-state index contributed by atoms with van der Waals surface area (Å²) < 4.78 is 0. The summed E-state index contributed by atoms with van der Waals surface area (Å²) in [7, 11) is 0. The third-order valence-electron chi connectivity index (χ3n) is 2.82. The van der Waals surface area contributed by atoms with Gasteiger partial charge in [-0.1, -0.05) is 12.8 Å². The molecule has 2 saturated carbocycles. The predicted molar refractivity (Wildman–Crippen MR) is 34.4 cm³/mol. The fourth-order valence-corrected chi connectivity index (χ4v) is 2.09. The molecule has 1 radical (unpaired) electrons. The van der Waals surface area contributed by atoms with Crippen molar-refractivity contribution in [3.05, 3.63) is 6.42 Å². The Hall–Kier alpha value is 0. The second-order valence-corrected chi connectivity index (χ2v) is 3.31. The van der Waals surface area contributed by atoms with E-state index in [1.54, 1.807) is 0 Å². The van der Waals surface area contributed by atoms with E-state index >= 15 is 0 Å². The largest absolute Gasteiger partial charge is 0.0527 e. The standard InChI is InChI=1S/C8H13/c1-2-5-8(4-1)6-3-7-8/h6H,1-5,7H2. The lowest BCUT2D eigenvalue weighted by molar-refractivity contribution is 0.238. The quantitative estimate of drug-likeness (QED) is 0.448. The van der Waals surface area contributed by atoms with Gasteiger partial charge in [-0.05, 0) is 37.5 Å². The molecule has 45 valence electrons. The molecule has 0 heteroatoms. The van der Waals surface area contributed by atoms with Gasteiger partial charge in [-0.15, -0.1) is 0 Å². The zero-order chi connectivity index (χ0) is 5.45. The Morgan fingerprint density at radius 1 is 1.00 bits per heavy atom. The monoisotopic (exact) mass is 109 g/mol. The summed E-state index contributed by atoms with van der Waals surface area (Å²) in [6.45, 7) is 0. The molecule has 0 aromatic carbocycles. The van der Waals surface area contributed by atoms with Gasteiger partial charge in [0, 0.05) is 0 Å². The molecule has 2 fully saturated rings. The molecule has 2 rings (SSSR count). The second kappa shape index (κ2) is 1.49. The summed E-state index contributed by atoms with van der Waals surface area (Å²) in [6.07, 6.45) is 11.5. The van der Waals surface area contributed by atoms with Gasteiger partial charge >= 0.3 is 0 Å². The molecule has 0 aliphatic heterocycles. The van der Waals surface area contributed by atoms with E-state index in [1.807, 2.05) is 0 Å². The summed E-state index contributed by atoms with van der Waals surface area (Å²) in [5.74, 6) is 0. The normalized spacial score (nSPS) is 33.0. The number of hydrogen-bond acceptors (Lipinski definition) is 0. The second-order valence-electron chi connectivity index (χ2n) is 3.31. The minimum atomic E-state index is 0.792. The highest BCUT2D eigenvalue weighted by molar-refractivity contribution is 5.04. The molecular weight excluding hydrogens is 96.1 g/mol. The highest BCUT2D eigenvalue weighted by Crippen LogP contribution is 2.52. The first-order valence-electron chi connectivity index (χ1n) is 3.76. The van der Waals surface area contributed by atoms with Crippen LogP contribution in [0.2, 0.25) is 0 Å². The first-order valence-corrected chi connectivity index (χ1v) is 3.76. The van der Waals surface area contributed by atoms with Gasteiger partial charge in [0.2, 0.25) is 0 Å². The van der Waals surface area contributed by atoms with Gasteiger partial charge in [0.25, 0.3) is 0 Å². The van der Waals surface area contributed by atoms with Gasteiger partial charge in [-0.2, -0.15) is 0 Å². The maximum Gasteiger partial charge on any atom is -0.0266 e. The van der Waals surface area contributed by atoms with E-state index < -0.39 is 0 Å². The first kappa shape index (κ1) is 4.84. The minimum Gasteiger partial charge on any atom is -0.0527 e. The van der Waals surface area contributed by atoms with Crippen molar-refractivity contribution in [1.82, 2.24) is 0 Å². The molecule has 1 spiro atoms. The third kappa shape index (κ3) is 0.519. The summed E-state index contributed by atoms with van der Waals surface area (Å²) in [4.78, 5) is 0. The van der Waals surface area contributed by atoms with Gasteiger partial charge in [-0.3, -0.25) is 0 Å². The molecule has 0 unspecified atom stereocenters. The van der Waals surface area contributed by atoms with Crippen LogP contribution in [0.5, 0.6) is 0 Å². The van der Waals surface area contributed by atoms with Crippen molar-refractivity contribution >= 4 is 0 Å². The summed E-state index contributed by atoms with van der Waals surface area (Å²) in [5, 5.41) is 0. The van der Waals surface area contributed by atoms with Crippen LogP contribution in [0.4, 0.5) is 0 Å². The Balaban J connectivity index is 2.01. The average Bonchev–Trinajstić information content (AvgIpc) is 2.07. The van der Waals surface area contributed by atoms with E-state index in [1.165, 1.54) is 38.5 Å². The molecule has 0 aromatic heterocycles. The highest BCUT2D eigenvalue weighted by atomic mass is 14.4. The van der Waals surface area contributed by atoms with Crippen LogP contribution in [-0.4, -0.2) is 0 Å². The van der Waals surface area contributed by atoms with E-state index in [4.69, 9.17) is 0 Å². The average molecular weight is 109 g/mol. The Kier molecular flexibility index (Phi) is 0.902. The van der Waals surface area contributed by atoms with Crippen LogP contribution in [-0.2, 0) is 0 Å². The van der Waals surface area contributed by atoms with Crippen LogP contribution in [0.25, 0.3) is 0 Å². The lowest BCUT2D eigenvalue weighted by Crippen LogP contribution is -2.25. The molecule has 0 bridgehead atoms. The summed E-state index contributed by atoms with van der Waals surface area (Å²) in [6, 6.07) is 0. The van der Waals surface area contributed by atoms with Crippen molar-refractivity contribution in [3.63, 3.8) is 0 Å². The zero-order valence-electron chi connectivity index (χ0n) is 5.32. The third-order valence-corrected chi connectivity index (χ3v) is 2.82. The van der Waals surface area contributed by atoms with Crippen LogP contribution < -0.4 is 0 Å². The Bertz CT molecular complexity index is 82.2. The molecule has 0 amide bonds. The molecule has 0 saturated heterocycles. The van der Waals surface area contributed by atoms with E-state index in [0.717, 1.165) is 5.41 Å². The molecule has 0 atom stereocenters. The van der Waals surface area contributed by atoms with E-state index in [2.05, 4.69) is 6.42 Å². The van der Waals surface area contributed by atoms with Gasteiger partial charge < -0.3 is 0 Å². The number of hydrogen-bond donors (Lipinski definition) is 0. The number of rotatable bonds is 0. The van der Waals surface area contributed by atoms with Gasteiger partial charge in [-0.25, -0.2) is 0 Å². The molecule has 2 aliphatic carbocycles. The van der Waals surface area contributed by atoms with Gasteiger partial charge in [0.15, 0.2) is 0 Å². The van der Waals surface area contributed by atoms with E-state index in [-0.39, 0.29) is 0 Å². The molecule has 0 N–H and O–H groups in total. The molecule has 0 heterocycles. The predicted octanol–water partition coefficient (Wildman–Crippen LogP) is 2.54. The van der Waals surface area contributed by atoms with Crippen molar-refractivity contribution < 1.29 is 0 Å². The molecular formula is C8H13. The lowest BCUT2D eigenvalue weighted by Gasteiger charge is -2.37. The maximum atomic E-state index is 2.54. The van der Waals surface area contributed by atoms with Crippen molar-refractivity contribution in [2.75, 3.05) is 0 Å². The molecule has 8 heavy (non-hydrogen) atoms. The van der Waals surface area contributed by atoms with Crippen LogP contribution in [0, 0.1) is 11.8 Å². The molecule has 0 nitrogen and oxygen atoms in total. The van der Waals surface area contributed by atoms with Crippen LogP contribution >= 0.6 is 0 Å². The fraction of sp³-hybridized carbons (Fsp3) is 0.875. The van der Waals surface area contributed by atoms with E-state index in [0.29, 0.717) is 0 Å². The van der Waals surface area contributed by atoms with Crippen LogP contribution in [0.1, 0.15) is 38.5 Å². The Morgan fingerprint density at radius 3 is 1.88 bits per heavy atom. The Morgan fingerprint density at radius 2 is 1.62 bits per heavy atom. The van der Waals surface area contributed by atoms with Crippen LogP contribution in [0.15, 0.2) is 0 Å². The summed E-state index contributed by atoms with van der Waals surface area (Å²) >= 11 is 0. The summed E-state index contributed by atoms with van der Waals surface area (Å²) in [5.41, 5.74) is 0.792. The van der Waals surface area contributed by atoms with Crippen molar-refractivity contribution in [2.24, 2.45) is 5.41 Å². The maximum absolute atomic E-state index is 2.54. The van der Waals surface area contributed by atoms with Crippen molar-refractivity contribution in [3.8, 4) is 0 Å². The van der Waals surface area contributed by atoms with Crippen LogP contribution in [0.3, 0.4) is 0 Å². The van der Waals surface area contributed by atoms with E-state index in [9.17, 15) is 0 Å². The molecule has 2 aliphatic rings. The smallest absolute Gasteiger partial charge is 0.0266 e. The highest BCUT2D eigenvalue weighted by Gasteiger charge is 2.38. The van der Waals surface area contributed by atoms with Gasteiger partial charge in [0.05, 0.1) is 0 Å². The minimum absolute atomic E-state index is 0.792. The zero-order valence-corrected chi connectivity index (χ0v) is 5.32. The van der Waals surface area contributed by atoms with Crippen molar-refractivity contribution in [1.29, 1.82) is 0 Å². The van der Waals surface area contributed by atoms with Crippen molar-refractivity contribution in [2.45, 2.75) is 38.5 Å². The first-order chi connectivity index (χ1) is 3.91. The topological polar surface area (TPSA) is 0 Å².